The van der Waals surface area contributed by atoms with E-state index in [4.69, 9.17) is 23.2 Å². The fourth-order valence-electron chi connectivity index (χ4n) is 1.77. The first-order valence-corrected chi connectivity index (χ1v) is 6.70. The molecule has 20 heavy (non-hydrogen) atoms. The van der Waals surface area contributed by atoms with Gasteiger partial charge < -0.3 is 5.11 Å². The Labute approximate surface area is 126 Å². The molecule has 0 amide bonds. The highest BCUT2D eigenvalue weighted by atomic mass is 35.5. The van der Waals surface area contributed by atoms with Crippen LogP contribution in [0, 0.1) is 0 Å². The number of alkyl halides is 1. The highest BCUT2D eigenvalue weighted by Crippen LogP contribution is 2.41. The Balaban J connectivity index is 2.72. The summed E-state index contributed by atoms with van der Waals surface area (Å²) in [5, 5.41) is 20.1. The first kappa shape index (κ1) is 14.6. The van der Waals surface area contributed by atoms with Gasteiger partial charge >= 0.3 is 0 Å². The number of benzene rings is 2. The van der Waals surface area contributed by atoms with Gasteiger partial charge in [-0.15, -0.1) is 16.7 Å². The van der Waals surface area contributed by atoms with E-state index in [0.717, 1.165) is 10.8 Å². The Morgan fingerprint density at radius 3 is 2.60 bits per heavy atom. The summed E-state index contributed by atoms with van der Waals surface area (Å²) in [7, 11) is 0. The van der Waals surface area contributed by atoms with Crippen molar-refractivity contribution in [3.05, 3.63) is 54.8 Å². The summed E-state index contributed by atoms with van der Waals surface area (Å²) in [5.74, 6) is 0.110. The number of hydrogen-bond donors (Lipinski definition) is 1. The van der Waals surface area contributed by atoms with E-state index >= 15 is 0 Å². The first-order valence-electron chi connectivity index (χ1n) is 5.79. The number of azo groups is 1. The molecule has 0 spiro atoms. The first-order chi connectivity index (χ1) is 9.54. The lowest BCUT2D eigenvalue weighted by Gasteiger charge is -2.09. The van der Waals surface area contributed by atoms with Crippen LogP contribution in [0.4, 0.5) is 5.69 Å². The van der Waals surface area contributed by atoms with Crippen LogP contribution in [-0.2, 0) is 0 Å². The summed E-state index contributed by atoms with van der Waals surface area (Å²) in [6.07, 6.45) is 0. The maximum absolute atomic E-state index is 10.3. The number of nitrogens with zero attached hydrogens (tertiary/aromatic N) is 2. The molecule has 0 saturated carbocycles. The zero-order valence-electron chi connectivity index (χ0n) is 10.6. The minimum atomic E-state index is -0.0603. The quantitative estimate of drug-likeness (QED) is 0.580. The molecule has 1 N–H and O–H groups in total. The number of hydrogen-bond acceptors (Lipinski definition) is 3. The van der Waals surface area contributed by atoms with Crippen LogP contribution in [0.5, 0.6) is 5.75 Å². The van der Waals surface area contributed by atoms with Crippen molar-refractivity contribution in [3.8, 4) is 5.75 Å². The molecular weight excluding hydrogens is 295 g/mol. The molecule has 0 atom stereocenters. The van der Waals surface area contributed by atoms with Gasteiger partial charge in [-0.3, -0.25) is 0 Å². The molecule has 0 aliphatic rings. The van der Waals surface area contributed by atoms with E-state index in [1.165, 1.54) is 0 Å². The fourth-order valence-corrected chi connectivity index (χ4v) is 1.97. The molecule has 5 heteroatoms. The highest BCUT2D eigenvalue weighted by molar-refractivity contribution is 6.48. The summed E-state index contributed by atoms with van der Waals surface area (Å²) >= 11 is 11.5. The molecule has 2 aromatic rings. The van der Waals surface area contributed by atoms with Crippen molar-refractivity contribution >= 4 is 44.7 Å². The Kier molecular flexibility index (Phi) is 4.42. The van der Waals surface area contributed by atoms with Gasteiger partial charge in [-0.25, -0.2) is 0 Å². The Hall–Kier alpha value is -1.84. The third-order valence-electron chi connectivity index (χ3n) is 2.73. The maximum Gasteiger partial charge on any atom is 0.152 e. The van der Waals surface area contributed by atoms with Gasteiger partial charge in [0.15, 0.2) is 5.75 Å². The van der Waals surface area contributed by atoms with Crippen LogP contribution < -0.4 is 0 Å². The summed E-state index contributed by atoms with van der Waals surface area (Å²) in [6, 6.07) is 9.24. The number of phenols is 1. The number of phenolic OH excluding ortho intramolecular Hbond substituents is 1. The Morgan fingerprint density at radius 1 is 1.25 bits per heavy atom. The predicted molar refractivity (Wildman–Crippen MR) is 84.9 cm³/mol. The number of fused-ring (bicyclic) bond motifs is 1. The van der Waals surface area contributed by atoms with Crippen LogP contribution in [0.25, 0.3) is 15.8 Å². The minimum Gasteiger partial charge on any atom is -0.505 e. The molecule has 0 fully saturated rings. The van der Waals surface area contributed by atoms with Gasteiger partial charge in [0.05, 0.1) is 11.6 Å². The van der Waals surface area contributed by atoms with Crippen molar-refractivity contribution in [1.82, 2.24) is 0 Å². The van der Waals surface area contributed by atoms with Crippen LogP contribution in [0.15, 0.2) is 59.4 Å². The van der Waals surface area contributed by atoms with Crippen LogP contribution in [-0.4, -0.2) is 11.0 Å². The van der Waals surface area contributed by atoms with E-state index in [2.05, 4.69) is 23.4 Å². The molecule has 0 aliphatic heterocycles. The lowest BCUT2D eigenvalue weighted by atomic mass is 10.0. The van der Waals surface area contributed by atoms with E-state index in [9.17, 15) is 5.11 Å². The van der Waals surface area contributed by atoms with E-state index in [1.807, 2.05) is 24.3 Å². The zero-order chi connectivity index (χ0) is 14.7. The third-order valence-corrected chi connectivity index (χ3v) is 3.25. The van der Waals surface area contributed by atoms with Gasteiger partial charge in [-0.05, 0) is 11.5 Å². The molecule has 2 aromatic carbocycles. The molecule has 0 unspecified atom stereocenters. The summed E-state index contributed by atoms with van der Waals surface area (Å²) in [6.45, 7) is 7.28. The summed E-state index contributed by atoms with van der Waals surface area (Å²) < 4.78 is 0. The second-order valence-corrected chi connectivity index (χ2v) is 4.87. The molecule has 3 nitrogen and oxygen atoms in total. The van der Waals surface area contributed by atoms with Crippen molar-refractivity contribution in [2.45, 2.75) is 0 Å². The van der Waals surface area contributed by atoms with E-state index < -0.39 is 0 Å². The van der Waals surface area contributed by atoms with E-state index in [0.29, 0.717) is 16.9 Å². The van der Waals surface area contributed by atoms with Gasteiger partial charge in [0.25, 0.3) is 0 Å². The van der Waals surface area contributed by atoms with Gasteiger partial charge in [-0.1, -0.05) is 49.0 Å². The smallest absolute Gasteiger partial charge is 0.152 e. The largest absolute Gasteiger partial charge is 0.505 e. The Bertz CT molecular complexity index is 723. The van der Waals surface area contributed by atoms with Gasteiger partial charge in [0.1, 0.15) is 5.69 Å². The number of aromatic hydroxyl groups is 1. The fraction of sp³-hybridized carbons (Fsp3) is 0.0667. The second-order valence-electron chi connectivity index (χ2n) is 4.15. The lowest BCUT2D eigenvalue weighted by Crippen LogP contribution is -1.83. The third kappa shape index (κ3) is 2.84. The topological polar surface area (TPSA) is 45.0 Å². The molecule has 0 bridgehead atoms. The van der Waals surface area contributed by atoms with E-state index in [1.54, 1.807) is 6.07 Å². The molecule has 102 valence electrons. The van der Waals surface area contributed by atoms with Crippen LogP contribution >= 0.6 is 23.2 Å². The lowest BCUT2D eigenvalue weighted by molar-refractivity contribution is 0.475. The normalized spacial score (nSPS) is 11.1. The average Bonchev–Trinajstić information content (AvgIpc) is 2.45. The van der Waals surface area contributed by atoms with Gasteiger partial charge in [-0.2, -0.15) is 5.11 Å². The van der Waals surface area contributed by atoms with Crippen molar-refractivity contribution in [2.75, 3.05) is 5.88 Å². The van der Waals surface area contributed by atoms with Crippen molar-refractivity contribution in [1.29, 1.82) is 0 Å². The molecule has 0 radical (unpaired) electrons. The molecule has 0 heterocycles. The molecular formula is C15H12Cl2N2O. The second kappa shape index (κ2) is 6.07. The van der Waals surface area contributed by atoms with Crippen LogP contribution in [0.2, 0.25) is 0 Å². The van der Waals surface area contributed by atoms with Gasteiger partial charge in [0.2, 0.25) is 0 Å². The maximum atomic E-state index is 10.3. The number of halogens is 2. The summed E-state index contributed by atoms with van der Waals surface area (Å²) in [4.78, 5) is 0. The van der Waals surface area contributed by atoms with Crippen LogP contribution in [0.1, 0.15) is 5.56 Å². The molecule has 0 aliphatic carbocycles. The minimum absolute atomic E-state index is 0.0603. The zero-order valence-corrected chi connectivity index (χ0v) is 12.1. The van der Waals surface area contributed by atoms with Crippen molar-refractivity contribution in [2.24, 2.45) is 10.2 Å². The van der Waals surface area contributed by atoms with E-state index in [-0.39, 0.29) is 16.7 Å². The molecule has 2 rings (SSSR count). The van der Waals surface area contributed by atoms with Gasteiger partial charge in [0, 0.05) is 16.0 Å². The van der Waals surface area contributed by atoms with Crippen molar-refractivity contribution in [3.63, 3.8) is 0 Å². The number of allylic oxidation sites excluding steroid dienone is 1. The highest BCUT2D eigenvalue weighted by Gasteiger charge is 2.13. The Morgan fingerprint density at radius 2 is 1.95 bits per heavy atom. The molecule has 0 saturated heterocycles. The predicted octanol–water partition coefficient (Wildman–Crippen LogP) is 5.59. The molecule has 0 aromatic heterocycles. The monoisotopic (exact) mass is 306 g/mol. The van der Waals surface area contributed by atoms with Crippen LogP contribution in [0.3, 0.4) is 0 Å². The summed E-state index contributed by atoms with van der Waals surface area (Å²) in [5.41, 5.74) is 1.16. The number of rotatable bonds is 4. The standard InChI is InChI=1S/C15H12Cl2N2O/c1-9(8-16)18-19-14-12-6-4-3-5-11(12)7-13(10(2)17)15(14)20/h3-7,20H,1-2,8H2. The SMILES string of the molecule is C=C(CCl)N=Nc1c(O)c(C(=C)Cl)cc2ccccc12. The van der Waals surface area contributed by atoms with Crippen molar-refractivity contribution < 1.29 is 5.11 Å². The average molecular weight is 307 g/mol.